The molecule has 0 saturated heterocycles. The number of methoxy groups -OCH3 is 1. The lowest BCUT2D eigenvalue weighted by atomic mass is 10.1. The lowest BCUT2D eigenvalue weighted by Crippen LogP contribution is -2.25. The lowest BCUT2D eigenvalue weighted by Gasteiger charge is -2.17. The Balaban J connectivity index is 2.25. The molecule has 0 aliphatic rings. The van der Waals surface area contributed by atoms with E-state index in [4.69, 9.17) is 9.47 Å². The quantitative estimate of drug-likeness (QED) is 0.692. The van der Waals surface area contributed by atoms with Gasteiger partial charge in [0.25, 0.3) is 0 Å². The summed E-state index contributed by atoms with van der Waals surface area (Å²) >= 11 is 0. The van der Waals surface area contributed by atoms with E-state index < -0.39 is 0 Å². The van der Waals surface area contributed by atoms with Crippen LogP contribution in [0.25, 0.3) is 0 Å². The van der Waals surface area contributed by atoms with Crippen LogP contribution in [0.15, 0.2) is 24.3 Å². The SMILES string of the molecule is COc1ccccc1C(C)NCCOCCN(C)C. The Labute approximate surface area is 116 Å². The number of hydrogen-bond acceptors (Lipinski definition) is 4. The third-order valence-electron chi connectivity index (χ3n) is 2.99. The van der Waals surface area contributed by atoms with E-state index in [1.54, 1.807) is 7.11 Å². The molecule has 1 rings (SSSR count). The van der Waals surface area contributed by atoms with E-state index in [-0.39, 0.29) is 6.04 Å². The lowest BCUT2D eigenvalue weighted by molar-refractivity contribution is 0.118. The number of nitrogens with one attached hydrogen (secondary N) is 1. The molecule has 0 heterocycles. The van der Waals surface area contributed by atoms with Gasteiger partial charge in [-0.2, -0.15) is 0 Å². The zero-order chi connectivity index (χ0) is 14.1. The van der Waals surface area contributed by atoms with Gasteiger partial charge in [0.2, 0.25) is 0 Å². The Kier molecular flexibility index (Phi) is 7.48. The topological polar surface area (TPSA) is 33.7 Å². The molecule has 1 atom stereocenters. The first-order chi connectivity index (χ1) is 9.15. The van der Waals surface area contributed by atoms with E-state index in [1.807, 2.05) is 32.3 Å². The van der Waals surface area contributed by atoms with Gasteiger partial charge in [0.15, 0.2) is 0 Å². The maximum Gasteiger partial charge on any atom is 0.123 e. The standard InChI is InChI=1S/C15H26N2O2/c1-13(14-7-5-6-8-15(14)18-4)16-9-11-19-12-10-17(2)3/h5-8,13,16H,9-12H2,1-4H3. The van der Waals surface area contributed by atoms with Crippen molar-refractivity contribution < 1.29 is 9.47 Å². The van der Waals surface area contributed by atoms with Crippen LogP contribution < -0.4 is 10.1 Å². The number of ether oxygens (including phenoxy) is 2. The van der Waals surface area contributed by atoms with Crippen LogP contribution in [0.2, 0.25) is 0 Å². The van der Waals surface area contributed by atoms with Gasteiger partial charge in [-0.25, -0.2) is 0 Å². The molecule has 1 N–H and O–H groups in total. The van der Waals surface area contributed by atoms with Gasteiger partial charge in [-0.1, -0.05) is 18.2 Å². The predicted molar refractivity (Wildman–Crippen MR) is 78.8 cm³/mol. The zero-order valence-electron chi connectivity index (χ0n) is 12.5. The second-order valence-electron chi connectivity index (χ2n) is 4.83. The Morgan fingerprint density at radius 1 is 1.21 bits per heavy atom. The van der Waals surface area contributed by atoms with Crippen molar-refractivity contribution in [2.24, 2.45) is 0 Å². The number of nitrogens with zero attached hydrogens (tertiary/aromatic N) is 1. The first-order valence-corrected chi connectivity index (χ1v) is 6.74. The van der Waals surface area contributed by atoms with Gasteiger partial charge < -0.3 is 19.7 Å². The average molecular weight is 266 g/mol. The van der Waals surface area contributed by atoms with Crippen LogP contribution in [-0.2, 0) is 4.74 Å². The number of para-hydroxylation sites is 1. The van der Waals surface area contributed by atoms with E-state index in [1.165, 1.54) is 5.56 Å². The molecule has 0 saturated carbocycles. The molecule has 4 heteroatoms. The molecule has 1 unspecified atom stereocenters. The first-order valence-electron chi connectivity index (χ1n) is 6.74. The smallest absolute Gasteiger partial charge is 0.123 e. The highest BCUT2D eigenvalue weighted by molar-refractivity contribution is 5.35. The summed E-state index contributed by atoms with van der Waals surface area (Å²) in [6, 6.07) is 8.35. The third-order valence-corrected chi connectivity index (χ3v) is 2.99. The first kappa shape index (κ1) is 16.0. The minimum absolute atomic E-state index is 0.258. The van der Waals surface area contributed by atoms with Crippen LogP contribution in [0.1, 0.15) is 18.5 Å². The summed E-state index contributed by atoms with van der Waals surface area (Å²) < 4.78 is 10.9. The molecule has 108 valence electrons. The van der Waals surface area contributed by atoms with Crippen LogP contribution in [0, 0.1) is 0 Å². The van der Waals surface area contributed by atoms with Crippen molar-refractivity contribution in [3.8, 4) is 5.75 Å². The molecule has 0 bridgehead atoms. The molecule has 0 spiro atoms. The monoisotopic (exact) mass is 266 g/mol. The molecule has 0 amide bonds. The highest BCUT2D eigenvalue weighted by Gasteiger charge is 2.09. The molecule has 0 aromatic heterocycles. The fourth-order valence-corrected chi connectivity index (χ4v) is 1.83. The maximum atomic E-state index is 5.55. The van der Waals surface area contributed by atoms with Crippen molar-refractivity contribution in [1.82, 2.24) is 10.2 Å². The van der Waals surface area contributed by atoms with E-state index in [9.17, 15) is 0 Å². The van der Waals surface area contributed by atoms with Gasteiger partial charge in [0.05, 0.1) is 20.3 Å². The summed E-state index contributed by atoms with van der Waals surface area (Å²) in [7, 11) is 5.80. The molecule has 1 aromatic carbocycles. The number of likely N-dealkylation sites (N-methyl/N-ethyl adjacent to an activating group) is 1. The zero-order valence-corrected chi connectivity index (χ0v) is 12.5. The van der Waals surface area contributed by atoms with E-state index in [0.29, 0.717) is 0 Å². The van der Waals surface area contributed by atoms with E-state index >= 15 is 0 Å². The van der Waals surface area contributed by atoms with Crippen LogP contribution in [0.4, 0.5) is 0 Å². The Hall–Kier alpha value is -1.10. The van der Waals surface area contributed by atoms with Crippen molar-refractivity contribution in [3.05, 3.63) is 29.8 Å². The average Bonchev–Trinajstić information content (AvgIpc) is 2.42. The summed E-state index contributed by atoms with van der Waals surface area (Å²) in [5.74, 6) is 0.927. The highest BCUT2D eigenvalue weighted by Crippen LogP contribution is 2.23. The van der Waals surface area contributed by atoms with Crippen molar-refractivity contribution in [2.45, 2.75) is 13.0 Å². The largest absolute Gasteiger partial charge is 0.496 e. The van der Waals surface area contributed by atoms with E-state index in [0.717, 1.165) is 32.1 Å². The molecule has 1 aromatic rings. The fraction of sp³-hybridized carbons (Fsp3) is 0.600. The second kappa shape index (κ2) is 8.91. The van der Waals surface area contributed by atoms with Gasteiger partial charge in [0, 0.05) is 24.7 Å². The normalized spacial score (nSPS) is 12.7. The molecular weight excluding hydrogens is 240 g/mol. The highest BCUT2D eigenvalue weighted by atomic mass is 16.5. The molecular formula is C15H26N2O2. The Bertz CT molecular complexity index is 356. The fourth-order valence-electron chi connectivity index (χ4n) is 1.83. The minimum atomic E-state index is 0.258. The number of hydrogen-bond donors (Lipinski definition) is 1. The van der Waals surface area contributed by atoms with Crippen molar-refractivity contribution in [2.75, 3.05) is 47.5 Å². The van der Waals surface area contributed by atoms with Gasteiger partial charge in [-0.05, 0) is 27.1 Å². The summed E-state index contributed by atoms with van der Waals surface area (Å²) in [6.45, 7) is 5.44. The van der Waals surface area contributed by atoms with Crippen LogP contribution in [0.3, 0.4) is 0 Å². The maximum absolute atomic E-state index is 5.55. The van der Waals surface area contributed by atoms with Crippen molar-refractivity contribution >= 4 is 0 Å². The summed E-state index contributed by atoms with van der Waals surface area (Å²) in [5.41, 5.74) is 1.18. The summed E-state index contributed by atoms with van der Waals surface area (Å²) in [5, 5.41) is 3.44. The van der Waals surface area contributed by atoms with Crippen LogP contribution in [-0.4, -0.2) is 52.4 Å². The van der Waals surface area contributed by atoms with Gasteiger partial charge in [0.1, 0.15) is 5.75 Å². The molecule has 0 aliphatic carbocycles. The van der Waals surface area contributed by atoms with Crippen molar-refractivity contribution in [1.29, 1.82) is 0 Å². The summed E-state index contributed by atoms with van der Waals surface area (Å²) in [4.78, 5) is 2.12. The molecule has 19 heavy (non-hydrogen) atoms. The Morgan fingerprint density at radius 2 is 1.95 bits per heavy atom. The van der Waals surface area contributed by atoms with Gasteiger partial charge in [-0.15, -0.1) is 0 Å². The number of benzene rings is 1. The number of rotatable bonds is 9. The minimum Gasteiger partial charge on any atom is -0.496 e. The second-order valence-corrected chi connectivity index (χ2v) is 4.83. The molecule has 0 radical (unpaired) electrons. The Morgan fingerprint density at radius 3 is 2.63 bits per heavy atom. The third kappa shape index (κ3) is 6.05. The molecule has 0 aliphatic heterocycles. The van der Waals surface area contributed by atoms with Crippen LogP contribution in [0.5, 0.6) is 5.75 Å². The molecule has 0 fully saturated rings. The van der Waals surface area contributed by atoms with Gasteiger partial charge >= 0.3 is 0 Å². The predicted octanol–water partition coefficient (Wildman–Crippen LogP) is 1.92. The van der Waals surface area contributed by atoms with Crippen LogP contribution >= 0.6 is 0 Å². The van der Waals surface area contributed by atoms with Gasteiger partial charge in [-0.3, -0.25) is 0 Å². The summed E-state index contributed by atoms with van der Waals surface area (Å²) in [6.07, 6.45) is 0. The van der Waals surface area contributed by atoms with E-state index in [2.05, 4.69) is 23.2 Å². The van der Waals surface area contributed by atoms with Crippen molar-refractivity contribution in [3.63, 3.8) is 0 Å². The molecule has 4 nitrogen and oxygen atoms in total.